The number of hydrogen-bond acceptors (Lipinski definition) is 5. The molecule has 1 aliphatic heterocycles. The summed E-state index contributed by atoms with van der Waals surface area (Å²) < 4.78 is 5.37. The quantitative estimate of drug-likeness (QED) is 0.925. The fraction of sp³-hybridized carbons (Fsp3) is 0.333. The summed E-state index contributed by atoms with van der Waals surface area (Å²) in [6, 6.07) is 7.36. The third-order valence-corrected chi connectivity index (χ3v) is 4.19. The molecular weight excluding hydrogens is 323 g/mol. The van der Waals surface area contributed by atoms with Crippen LogP contribution in [0.2, 0.25) is 10.0 Å². The lowest BCUT2D eigenvalue weighted by molar-refractivity contribution is 0.122. The van der Waals surface area contributed by atoms with Gasteiger partial charge in [0.15, 0.2) is 0 Å². The van der Waals surface area contributed by atoms with Crippen LogP contribution in [-0.2, 0) is 4.74 Å². The Morgan fingerprint density at radius 2 is 1.95 bits per heavy atom. The number of anilines is 3. The van der Waals surface area contributed by atoms with Gasteiger partial charge in [0.05, 0.1) is 28.9 Å². The van der Waals surface area contributed by atoms with Crippen LogP contribution < -0.4 is 10.2 Å². The van der Waals surface area contributed by atoms with Crippen molar-refractivity contribution < 1.29 is 4.74 Å². The molecule has 2 heterocycles. The summed E-state index contributed by atoms with van der Waals surface area (Å²) in [5.41, 5.74) is 0.722. The van der Waals surface area contributed by atoms with Gasteiger partial charge in [-0.05, 0) is 19.1 Å². The Kier molecular flexibility index (Phi) is 4.66. The van der Waals surface area contributed by atoms with Crippen LogP contribution in [0, 0.1) is 6.92 Å². The van der Waals surface area contributed by atoms with Crippen LogP contribution in [0.4, 0.5) is 17.3 Å². The van der Waals surface area contributed by atoms with Gasteiger partial charge in [-0.3, -0.25) is 0 Å². The number of morpholine rings is 1. The highest BCUT2D eigenvalue weighted by molar-refractivity contribution is 6.43. The van der Waals surface area contributed by atoms with Crippen molar-refractivity contribution in [1.82, 2.24) is 9.97 Å². The average Bonchev–Trinajstić information content (AvgIpc) is 2.52. The second-order valence-corrected chi connectivity index (χ2v) is 5.77. The molecule has 2 aromatic rings. The standard InChI is InChI=1S/C15H16Cl2N4O/c1-10-18-13(20-12-4-2-3-11(16)15(12)17)9-14(19-10)21-5-7-22-8-6-21/h2-4,9H,5-8H2,1H3,(H,18,19,20). The Morgan fingerprint density at radius 3 is 2.73 bits per heavy atom. The van der Waals surface area contributed by atoms with Crippen LogP contribution in [-0.4, -0.2) is 36.3 Å². The first-order valence-corrected chi connectivity index (χ1v) is 7.78. The van der Waals surface area contributed by atoms with Crippen LogP contribution in [0.25, 0.3) is 0 Å². The van der Waals surface area contributed by atoms with Crippen molar-refractivity contribution in [2.45, 2.75) is 6.92 Å². The molecule has 7 heteroatoms. The van der Waals surface area contributed by atoms with E-state index in [4.69, 9.17) is 27.9 Å². The largest absolute Gasteiger partial charge is 0.378 e. The second kappa shape index (κ2) is 6.69. The van der Waals surface area contributed by atoms with Crippen molar-refractivity contribution in [2.24, 2.45) is 0 Å². The van der Waals surface area contributed by atoms with Crippen molar-refractivity contribution in [1.29, 1.82) is 0 Å². The van der Waals surface area contributed by atoms with Gasteiger partial charge in [-0.15, -0.1) is 0 Å². The van der Waals surface area contributed by atoms with Crippen molar-refractivity contribution >= 4 is 40.5 Å². The van der Waals surface area contributed by atoms with Crippen molar-refractivity contribution in [2.75, 3.05) is 36.5 Å². The minimum atomic E-state index is 0.480. The minimum absolute atomic E-state index is 0.480. The average molecular weight is 339 g/mol. The molecule has 1 aliphatic rings. The third kappa shape index (κ3) is 3.43. The Labute approximate surface area is 139 Å². The third-order valence-electron chi connectivity index (χ3n) is 3.37. The number of aryl methyl sites for hydroxylation is 1. The van der Waals surface area contributed by atoms with Crippen molar-refractivity contribution in [3.05, 3.63) is 40.1 Å². The van der Waals surface area contributed by atoms with E-state index in [9.17, 15) is 0 Å². The molecule has 22 heavy (non-hydrogen) atoms. The highest BCUT2D eigenvalue weighted by Gasteiger charge is 2.14. The molecule has 1 N–H and O–H groups in total. The second-order valence-electron chi connectivity index (χ2n) is 4.98. The van der Waals surface area contributed by atoms with Gasteiger partial charge in [-0.25, -0.2) is 9.97 Å². The molecule has 0 bridgehead atoms. The zero-order valence-corrected chi connectivity index (χ0v) is 13.7. The lowest BCUT2D eigenvalue weighted by atomic mass is 10.3. The molecule has 1 aromatic heterocycles. The van der Waals surface area contributed by atoms with E-state index in [1.54, 1.807) is 6.07 Å². The molecule has 1 saturated heterocycles. The number of nitrogens with zero attached hydrogens (tertiary/aromatic N) is 3. The molecule has 1 aromatic carbocycles. The first kappa shape index (κ1) is 15.3. The zero-order chi connectivity index (χ0) is 15.5. The van der Waals surface area contributed by atoms with E-state index in [0.717, 1.165) is 24.6 Å². The molecular formula is C15H16Cl2N4O. The van der Waals surface area contributed by atoms with Crippen LogP contribution in [0.15, 0.2) is 24.3 Å². The van der Waals surface area contributed by atoms with E-state index >= 15 is 0 Å². The van der Waals surface area contributed by atoms with E-state index in [1.165, 1.54) is 0 Å². The molecule has 0 amide bonds. The summed E-state index contributed by atoms with van der Waals surface area (Å²) in [5, 5.41) is 4.19. The monoisotopic (exact) mass is 338 g/mol. The minimum Gasteiger partial charge on any atom is -0.378 e. The molecule has 116 valence electrons. The molecule has 0 aliphatic carbocycles. The first-order valence-electron chi connectivity index (χ1n) is 7.03. The predicted octanol–water partition coefficient (Wildman–Crippen LogP) is 3.67. The summed E-state index contributed by atoms with van der Waals surface area (Å²) in [7, 11) is 0. The Hall–Kier alpha value is -1.56. The number of rotatable bonds is 3. The lowest BCUT2D eigenvalue weighted by Crippen LogP contribution is -2.36. The molecule has 0 radical (unpaired) electrons. The van der Waals surface area contributed by atoms with Gasteiger partial charge in [0.2, 0.25) is 0 Å². The van der Waals surface area contributed by atoms with Crippen molar-refractivity contribution in [3.8, 4) is 0 Å². The van der Waals surface area contributed by atoms with E-state index in [1.807, 2.05) is 25.1 Å². The van der Waals surface area contributed by atoms with Gasteiger partial charge in [0.1, 0.15) is 17.5 Å². The van der Waals surface area contributed by atoms with Gasteiger partial charge in [-0.2, -0.15) is 0 Å². The van der Waals surface area contributed by atoms with Crippen LogP contribution in [0.3, 0.4) is 0 Å². The maximum absolute atomic E-state index is 6.21. The smallest absolute Gasteiger partial charge is 0.136 e. The highest BCUT2D eigenvalue weighted by atomic mass is 35.5. The van der Waals surface area contributed by atoms with E-state index < -0.39 is 0 Å². The number of benzene rings is 1. The summed E-state index contributed by atoms with van der Waals surface area (Å²) in [6.45, 7) is 4.95. The number of aromatic nitrogens is 2. The number of hydrogen-bond donors (Lipinski definition) is 1. The van der Waals surface area contributed by atoms with Gasteiger partial charge >= 0.3 is 0 Å². The van der Waals surface area contributed by atoms with Gasteiger partial charge in [-0.1, -0.05) is 29.3 Å². The molecule has 0 unspecified atom stereocenters. The molecule has 1 fully saturated rings. The Morgan fingerprint density at radius 1 is 1.18 bits per heavy atom. The lowest BCUT2D eigenvalue weighted by Gasteiger charge is -2.28. The van der Waals surface area contributed by atoms with Crippen LogP contribution in [0.5, 0.6) is 0 Å². The molecule has 0 spiro atoms. The summed E-state index contributed by atoms with van der Waals surface area (Å²) in [6.07, 6.45) is 0. The fourth-order valence-corrected chi connectivity index (χ4v) is 2.66. The summed E-state index contributed by atoms with van der Waals surface area (Å²) >= 11 is 12.2. The molecule has 0 saturated carbocycles. The van der Waals surface area contributed by atoms with Crippen LogP contribution >= 0.6 is 23.2 Å². The van der Waals surface area contributed by atoms with E-state index in [0.29, 0.717) is 34.9 Å². The zero-order valence-electron chi connectivity index (χ0n) is 12.1. The van der Waals surface area contributed by atoms with Gasteiger partial charge in [0, 0.05) is 19.2 Å². The number of ether oxygens (including phenoxy) is 1. The number of nitrogens with one attached hydrogen (secondary N) is 1. The molecule has 3 rings (SSSR count). The predicted molar refractivity (Wildman–Crippen MR) is 89.5 cm³/mol. The first-order chi connectivity index (χ1) is 10.6. The van der Waals surface area contributed by atoms with Crippen LogP contribution in [0.1, 0.15) is 5.82 Å². The summed E-state index contributed by atoms with van der Waals surface area (Å²) in [5.74, 6) is 2.28. The highest BCUT2D eigenvalue weighted by Crippen LogP contribution is 2.31. The van der Waals surface area contributed by atoms with E-state index in [2.05, 4.69) is 20.2 Å². The molecule has 5 nitrogen and oxygen atoms in total. The normalized spacial score (nSPS) is 15.0. The maximum Gasteiger partial charge on any atom is 0.136 e. The van der Waals surface area contributed by atoms with Gasteiger partial charge < -0.3 is 15.0 Å². The van der Waals surface area contributed by atoms with E-state index in [-0.39, 0.29) is 0 Å². The topological polar surface area (TPSA) is 50.3 Å². The Balaban J connectivity index is 1.87. The molecule has 0 atom stereocenters. The Bertz CT molecular complexity index is 675. The SMILES string of the molecule is Cc1nc(Nc2cccc(Cl)c2Cl)cc(N2CCOCC2)n1. The van der Waals surface area contributed by atoms with Gasteiger partial charge in [0.25, 0.3) is 0 Å². The fourth-order valence-electron chi connectivity index (χ4n) is 2.31. The number of halogens is 2. The summed E-state index contributed by atoms with van der Waals surface area (Å²) in [4.78, 5) is 11.1. The maximum atomic E-state index is 6.21. The van der Waals surface area contributed by atoms with Crippen molar-refractivity contribution in [3.63, 3.8) is 0 Å².